The maximum Gasteiger partial charge on any atom is 0.321 e. The molecule has 1 unspecified atom stereocenters. The number of hydrogen-bond donors (Lipinski definition) is 1. The maximum absolute atomic E-state index is 12.5. The van der Waals surface area contributed by atoms with E-state index < -0.39 is 9.84 Å². The lowest BCUT2D eigenvalue weighted by Crippen LogP contribution is -2.33. The lowest BCUT2D eigenvalue weighted by atomic mass is 10.3. The van der Waals surface area contributed by atoms with Crippen molar-refractivity contribution in [3.63, 3.8) is 0 Å². The van der Waals surface area contributed by atoms with Crippen molar-refractivity contribution in [2.45, 2.75) is 17.4 Å². The highest BCUT2D eigenvalue weighted by Crippen LogP contribution is 2.26. The summed E-state index contributed by atoms with van der Waals surface area (Å²) in [5, 5.41) is 7.47. The van der Waals surface area contributed by atoms with Gasteiger partial charge in [-0.05, 0) is 18.6 Å². The molecule has 2 aromatic rings. The molecule has 10 heteroatoms. The van der Waals surface area contributed by atoms with E-state index in [4.69, 9.17) is 16.3 Å². The fraction of sp³-hybridized carbons (Fsp3) is 0.375. The van der Waals surface area contributed by atoms with Crippen LogP contribution in [0, 0.1) is 0 Å². The van der Waals surface area contributed by atoms with Gasteiger partial charge < -0.3 is 15.0 Å². The summed E-state index contributed by atoms with van der Waals surface area (Å²) < 4.78 is 30.5. The largest absolute Gasteiger partial charge is 0.497 e. The number of likely N-dealkylation sites (tertiary alicyclic amines) is 1. The Bertz CT molecular complexity index is 928. The standard InChI is InChI=1S/C16H19ClN4O4S/c1-25-14-5-12(6-15(7-14)26(2,23)24)19-16(22)20-4-3-13(10-20)21-9-11(17)8-18-21/h5-9,13H,3-4,10H2,1-2H3,(H,19,22). The summed E-state index contributed by atoms with van der Waals surface area (Å²) in [6, 6.07) is 4.16. The van der Waals surface area contributed by atoms with Crippen LogP contribution in [0.2, 0.25) is 5.02 Å². The quantitative estimate of drug-likeness (QED) is 0.853. The number of anilines is 1. The monoisotopic (exact) mass is 398 g/mol. The maximum atomic E-state index is 12.5. The van der Waals surface area contributed by atoms with Gasteiger partial charge in [0.2, 0.25) is 0 Å². The zero-order valence-electron chi connectivity index (χ0n) is 14.3. The molecule has 0 bridgehead atoms. The molecule has 0 aliphatic carbocycles. The van der Waals surface area contributed by atoms with Crippen molar-refractivity contribution in [1.29, 1.82) is 0 Å². The van der Waals surface area contributed by atoms with E-state index in [2.05, 4.69) is 10.4 Å². The molecule has 1 atom stereocenters. The van der Waals surface area contributed by atoms with E-state index in [9.17, 15) is 13.2 Å². The fourth-order valence-corrected chi connectivity index (χ4v) is 3.65. The molecule has 1 saturated heterocycles. The van der Waals surface area contributed by atoms with Crippen LogP contribution in [0.15, 0.2) is 35.5 Å². The van der Waals surface area contributed by atoms with Crippen LogP contribution in [0.25, 0.3) is 0 Å². The van der Waals surface area contributed by atoms with Gasteiger partial charge in [0.05, 0.1) is 29.3 Å². The first kappa shape index (κ1) is 18.5. The third-order valence-corrected chi connectivity index (χ3v) is 5.48. The van der Waals surface area contributed by atoms with Crippen LogP contribution in [0.5, 0.6) is 5.75 Å². The number of sulfone groups is 1. The second-order valence-electron chi connectivity index (χ2n) is 6.13. The number of urea groups is 1. The van der Waals surface area contributed by atoms with E-state index in [-0.39, 0.29) is 17.0 Å². The molecule has 1 aliphatic rings. The van der Waals surface area contributed by atoms with Crippen LogP contribution in [-0.4, -0.2) is 55.6 Å². The Morgan fingerprint density at radius 1 is 1.38 bits per heavy atom. The Hall–Kier alpha value is -2.26. The summed E-state index contributed by atoms with van der Waals surface area (Å²) in [4.78, 5) is 14.3. The average molecular weight is 399 g/mol. The number of halogens is 1. The molecule has 8 nitrogen and oxygen atoms in total. The van der Waals surface area contributed by atoms with Gasteiger partial charge in [0, 0.05) is 37.3 Å². The van der Waals surface area contributed by atoms with Crippen molar-refractivity contribution in [2.24, 2.45) is 0 Å². The van der Waals surface area contributed by atoms with Gasteiger partial charge in [-0.1, -0.05) is 11.6 Å². The number of rotatable bonds is 4. The molecule has 1 fully saturated rings. The third-order valence-electron chi connectivity index (χ3n) is 4.19. The average Bonchev–Trinajstić information content (AvgIpc) is 3.22. The van der Waals surface area contributed by atoms with Crippen LogP contribution in [0.4, 0.5) is 10.5 Å². The van der Waals surface area contributed by atoms with Crippen LogP contribution in [0.1, 0.15) is 12.5 Å². The second kappa shape index (κ2) is 7.16. The van der Waals surface area contributed by atoms with Crippen LogP contribution in [-0.2, 0) is 9.84 Å². The molecule has 3 rings (SSSR count). The van der Waals surface area contributed by atoms with Crippen molar-refractivity contribution >= 4 is 33.2 Å². The van der Waals surface area contributed by atoms with Crippen LogP contribution < -0.4 is 10.1 Å². The SMILES string of the molecule is COc1cc(NC(=O)N2CCC(n3cc(Cl)cn3)C2)cc(S(C)(=O)=O)c1. The van der Waals surface area contributed by atoms with Crippen LogP contribution in [0.3, 0.4) is 0 Å². The fourth-order valence-electron chi connectivity index (χ4n) is 2.84. The summed E-state index contributed by atoms with van der Waals surface area (Å²) in [6.07, 6.45) is 5.16. The smallest absolute Gasteiger partial charge is 0.321 e. The number of amides is 2. The molecule has 0 spiro atoms. The first-order valence-electron chi connectivity index (χ1n) is 7.91. The van der Waals surface area contributed by atoms with Crippen molar-refractivity contribution in [2.75, 3.05) is 31.8 Å². The van der Waals surface area contributed by atoms with Crippen LogP contribution >= 0.6 is 11.6 Å². The zero-order chi connectivity index (χ0) is 18.9. The molecule has 1 aromatic carbocycles. The first-order chi connectivity index (χ1) is 12.3. The number of aromatic nitrogens is 2. The minimum Gasteiger partial charge on any atom is -0.497 e. The highest BCUT2D eigenvalue weighted by molar-refractivity contribution is 7.90. The van der Waals surface area contributed by atoms with Crippen molar-refractivity contribution in [3.05, 3.63) is 35.6 Å². The number of carbonyl (C=O) groups excluding carboxylic acids is 1. The number of nitrogens with one attached hydrogen (secondary N) is 1. The molecule has 2 amide bonds. The minimum absolute atomic E-state index is 0.0603. The van der Waals surface area contributed by atoms with E-state index in [1.165, 1.54) is 19.2 Å². The summed E-state index contributed by atoms with van der Waals surface area (Å²) in [6.45, 7) is 1.06. The van der Waals surface area contributed by atoms with Crippen molar-refractivity contribution in [3.8, 4) is 5.75 Å². The van der Waals surface area contributed by atoms with E-state index in [1.807, 2.05) is 0 Å². The summed E-state index contributed by atoms with van der Waals surface area (Å²) >= 11 is 5.89. The molecular formula is C16H19ClN4O4S. The molecular weight excluding hydrogens is 380 g/mol. The number of carbonyl (C=O) groups is 1. The molecule has 1 aliphatic heterocycles. The van der Waals surface area contributed by atoms with Crippen molar-refractivity contribution in [1.82, 2.24) is 14.7 Å². The molecule has 1 aromatic heterocycles. The van der Waals surface area contributed by atoms with Gasteiger partial charge in [0.1, 0.15) is 5.75 Å². The summed E-state index contributed by atoms with van der Waals surface area (Å²) in [7, 11) is -1.99. The molecule has 0 radical (unpaired) electrons. The Morgan fingerprint density at radius 2 is 2.15 bits per heavy atom. The van der Waals surface area contributed by atoms with Gasteiger partial charge in [-0.2, -0.15) is 5.10 Å². The van der Waals surface area contributed by atoms with Gasteiger partial charge in [-0.3, -0.25) is 4.68 Å². The number of benzene rings is 1. The first-order valence-corrected chi connectivity index (χ1v) is 10.2. The lowest BCUT2D eigenvalue weighted by Gasteiger charge is -2.18. The Balaban J connectivity index is 1.72. The van der Waals surface area contributed by atoms with Gasteiger partial charge in [0.25, 0.3) is 0 Å². The highest BCUT2D eigenvalue weighted by Gasteiger charge is 2.28. The Morgan fingerprint density at radius 3 is 2.77 bits per heavy atom. The molecule has 26 heavy (non-hydrogen) atoms. The second-order valence-corrected chi connectivity index (χ2v) is 8.58. The van der Waals surface area contributed by atoms with Gasteiger partial charge >= 0.3 is 6.03 Å². The number of nitrogens with zero attached hydrogens (tertiary/aromatic N) is 3. The predicted molar refractivity (Wildman–Crippen MR) is 97.6 cm³/mol. The lowest BCUT2D eigenvalue weighted by molar-refractivity contribution is 0.220. The summed E-state index contributed by atoms with van der Waals surface area (Å²) in [5.74, 6) is 0.355. The molecule has 140 valence electrons. The topological polar surface area (TPSA) is 93.5 Å². The number of hydrogen-bond acceptors (Lipinski definition) is 5. The minimum atomic E-state index is -3.42. The van der Waals surface area contributed by atoms with Gasteiger partial charge in [-0.25, -0.2) is 13.2 Å². The molecule has 2 heterocycles. The van der Waals surface area contributed by atoms with E-state index in [0.29, 0.717) is 29.5 Å². The van der Waals surface area contributed by atoms with Crippen molar-refractivity contribution < 1.29 is 17.9 Å². The number of ether oxygens (including phenoxy) is 1. The molecule has 1 N–H and O–H groups in total. The van der Waals surface area contributed by atoms with E-state index in [1.54, 1.807) is 28.0 Å². The summed E-state index contributed by atoms with van der Waals surface area (Å²) in [5.41, 5.74) is 0.361. The molecule has 0 saturated carbocycles. The predicted octanol–water partition coefficient (Wildman–Crippen LogP) is 2.43. The third kappa shape index (κ3) is 4.10. The van der Waals surface area contributed by atoms with E-state index >= 15 is 0 Å². The number of methoxy groups -OCH3 is 1. The zero-order valence-corrected chi connectivity index (χ0v) is 15.9. The van der Waals surface area contributed by atoms with E-state index in [0.717, 1.165) is 12.7 Å². The normalized spacial score (nSPS) is 17.3. The Kier molecular flexibility index (Phi) is 5.10. The Labute approximate surface area is 156 Å². The van der Waals surface area contributed by atoms with Gasteiger partial charge in [-0.15, -0.1) is 0 Å². The highest BCUT2D eigenvalue weighted by atomic mass is 35.5. The van der Waals surface area contributed by atoms with Gasteiger partial charge in [0.15, 0.2) is 9.84 Å².